The molecule has 36 heteroatoms. The molecular weight excluding hydrogens is 1580 g/mol. The predicted molar refractivity (Wildman–Crippen MR) is 299 cm³/mol. The van der Waals surface area contributed by atoms with Gasteiger partial charge in [0.25, 0.3) is 0 Å². The van der Waals surface area contributed by atoms with Gasteiger partial charge in [-0.15, -0.1) is 0 Å². The van der Waals surface area contributed by atoms with Gasteiger partial charge in [0.1, 0.15) is 0 Å². The van der Waals surface area contributed by atoms with Crippen molar-refractivity contribution in [2.75, 3.05) is 0 Å². The van der Waals surface area contributed by atoms with Crippen molar-refractivity contribution < 1.29 is 149 Å². The van der Waals surface area contributed by atoms with Gasteiger partial charge in [0, 0.05) is 0 Å². The molecule has 0 radical (unpaired) electrons. The molecule has 13 aromatic rings. The molecule has 0 N–H and O–H groups in total. The van der Waals surface area contributed by atoms with E-state index in [9.17, 15) is 26.3 Å². The fourth-order valence-electron chi connectivity index (χ4n) is 10.8. The Bertz CT molecular complexity index is 4900. The van der Waals surface area contributed by atoms with E-state index in [-0.39, 0.29) is 0 Å². The Morgan fingerprint density at radius 3 is 0.373 bits per heavy atom. The molecule has 522 valence electrons. The molecule has 7 aromatic heterocycles. The second-order valence-corrected chi connectivity index (χ2v) is 25.5. The topological polar surface area (TPSA) is 52.6 Å². The van der Waals surface area contributed by atoms with Crippen LogP contribution in [0.25, 0.3) is 128 Å². The van der Waals surface area contributed by atoms with Crippen molar-refractivity contribution in [3.8, 4) is 66.8 Å². The summed E-state index contributed by atoms with van der Waals surface area (Å²) < 4.78 is 491. The Morgan fingerprint density at radius 1 is 0.127 bits per heavy atom. The number of hydrogen-bond acceptors (Lipinski definition) is 4. The third-order valence-corrected chi connectivity index (χ3v) is 20.1. The second-order valence-electron chi connectivity index (χ2n) is 20.9. The first-order valence-electron chi connectivity index (χ1n) is 27.1. The third-order valence-electron chi connectivity index (χ3n) is 15.4. The van der Waals surface area contributed by atoms with Gasteiger partial charge in [-0.1, -0.05) is 0 Å². The van der Waals surface area contributed by atoms with Crippen molar-refractivity contribution in [1.29, 1.82) is 0 Å². The SMILES string of the molecule is Fc1c(F)c(F)c(-c2c3ccc(o3)c(-c3c(F)c(F)c(F)c(F)c3F)c3ccc([se]3)c(-c3c(F)c(F)c(F)c(F)c3F)c3ccc(o3)c(-c3c(F)c(F)c(F)c(F)c3F)c3ccc(o3)c(-c3c(F)c(F)c(F)c(F)c3F)c3ccc([se]3)c(-c3c(F)c(F)c(F)c(F)c3F)c3ccc2o3)c(F)c1F. The molecule has 0 saturated heterocycles. The Kier molecular flexibility index (Phi) is 17.3. The molecule has 0 aliphatic heterocycles. The minimum atomic E-state index is -2.93. The first-order chi connectivity index (χ1) is 48.1. The molecule has 0 aliphatic carbocycles. The van der Waals surface area contributed by atoms with E-state index in [1.807, 2.05) is 0 Å². The maximum atomic E-state index is 16.5. The van der Waals surface area contributed by atoms with Gasteiger partial charge < -0.3 is 0 Å². The summed E-state index contributed by atoms with van der Waals surface area (Å²) in [6, 6.07) is 4.55. The molecule has 0 atom stereocenters. The molecule has 0 amide bonds. The van der Waals surface area contributed by atoms with Gasteiger partial charge in [0.2, 0.25) is 0 Å². The van der Waals surface area contributed by atoms with Crippen molar-refractivity contribution in [1.82, 2.24) is 0 Å². The summed E-state index contributed by atoms with van der Waals surface area (Å²) in [6.07, 6.45) is 0. The van der Waals surface area contributed by atoms with Crippen LogP contribution in [0.5, 0.6) is 0 Å². The van der Waals surface area contributed by atoms with E-state index < -0.39 is 332 Å². The van der Waals surface area contributed by atoms with E-state index in [2.05, 4.69) is 0 Å². The Balaban J connectivity index is 1.35. The van der Waals surface area contributed by atoms with Gasteiger partial charge >= 0.3 is 554 Å². The number of furan rings is 4. The normalized spacial score (nSPS) is 11.8. The molecule has 0 spiro atoms. The van der Waals surface area contributed by atoms with Gasteiger partial charge in [-0.25, -0.2) is 0 Å². The molecule has 102 heavy (non-hydrogen) atoms. The van der Waals surface area contributed by atoms with Crippen LogP contribution in [-0.2, 0) is 0 Å². The number of halogens is 30. The molecular formula is C66H12F30O4Se2. The van der Waals surface area contributed by atoms with Crippen LogP contribution in [0, 0.1) is 175 Å². The Hall–Kier alpha value is -10.4. The Labute approximate surface area is 552 Å². The predicted octanol–water partition coefficient (Wildman–Crippen LogP) is 22.6. The fourth-order valence-corrected chi connectivity index (χ4v) is 15.5. The first-order valence-corrected chi connectivity index (χ1v) is 30.5. The third kappa shape index (κ3) is 10.4. The van der Waals surface area contributed by atoms with Crippen LogP contribution < -0.4 is 0 Å². The summed E-state index contributed by atoms with van der Waals surface area (Å²) in [6.45, 7) is 0. The van der Waals surface area contributed by atoms with Crippen molar-refractivity contribution in [2.24, 2.45) is 0 Å². The number of benzene rings is 6. The summed E-state index contributed by atoms with van der Waals surface area (Å²) in [7, 11) is 0. The van der Waals surface area contributed by atoms with Crippen LogP contribution in [0.3, 0.4) is 0 Å². The zero-order chi connectivity index (χ0) is 73.9. The Morgan fingerprint density at radius 2 is 0.235 bits per heavy atom. The molecule has 12 bridgehead atoms. The average molecular weight is 1600 g/mol. The van der Waals surface area contributed by atoms with Crippen LogP contribution in [0.15, 0.2) is 90.5 Å². The molecule has 0 saturated carbocycles. The van der Waals surface area contributed by atoms with Crippen LogP contribution in [0.4, 0.5) is 132 Å². The quantitative estimate of drug-likeness (QED) is 0.0720. The molecule has 7 heterocycles. The number of fused-ring (bicyclic) bond motifs is 12. The number of rotatable bonds is 6. The van der Waals surface area contributed by atoms with Crippen LogP contribution in [-0.4, -0.2) is 29.0 Å². The monoisotopic (exact) mass is 1600 g/mol. The van der Waals surface area contributed by atoms with Gasteiger partial charge in [-0.3, -0.25) is 0 Å². The molecule has 13 rings (SSSR count). The molecule has 0 fully saturated rings. The van der Waals surface area contributed by atoms with Gasteiger partial charge in [-0.05, 0) is 0 Å². The van der Waals surface area contributed by atoms with E-state index in [0.29, 0.717) is 72.8 Å². The van der Waals surface area contributed by atoms with E-state index in [1.165, 1.54) is 0 Å². The summed E-state index contributed by atoms with van der Waals surface area (Å²) in [5.74, 6) is -86.0. The zero-order valence-electron chi connectivity index (χ0n) is 47.7. The average Bonchev–Trinajstić information content (AvgIpc) is 1.59. The fraction of sp³-hybridized carbons (Fsp3) is 0. The van der Waals surface area contributed by atoms with E-state index in [1.54, 1.807) is 0 Å². The first kappa shape index (κ1) is 70.0. The van der Waals surface area contributed by atoms with Crippen LogP contribution in [0.1, 0.15) is 0 Å². The van der Waals surface area contributed by atoms with Crippen molar-refractivity contribution in [3.63, 3.8) is 0 Å². The van der Waals surface area contributed by atoms with Crippen LogP contribution in [0.2, 0.25) is 0 Å². The summed E-state index contributed by atoms with van der Waals surface area (Å²) in [5.41, 5.74) is -34.3. The van der Waals surface area contributed by atoms with Gasteiger partial charge in [0.05, 0.1) is 0 Å². The van der Waals surface area contributed by atoms with Crippen molar-refractivity contribution in [2.45, 2.75) is 0 Å². The number of hydrogen-bond donors (Lipinski definition) is 0. The van der Waals surface area contributed by atoms with Crippen molar-refractivity contribution in [3.05, 3.63) is 247 Å². The zero-order valence-corrected chi connectivity index (χ0v) is 51.1. The summed E-state index contributed by atoms with van der Waals surface area (Å²) >= 11 is -4.80. The summed E-state index contributed by atoms with van der Waals surface area (Å²) in [5, 5.41) is 0. The minimum absolute atomic E-state index is 0.314. The van der Waals surface area contributed by atoms with E-state index >= 15 is 105 Å². The molecule has 6 aromatic carbocycles. The molecule has 0 unspecified atom stereocenters. The molecule has 4 nitrogen and oxygen atoms in total. The second kappa shape index (κ2) is 25.3. The van der Waals surface area contributed by atoms with Crippen molar-refractivity contribution >= 4 is 90.7 Å². The van der Waals surface area contributed by atoms with E-state index in [0.717, 1.165) is 0 Å². The van der Waals surface area contributed by atoms with Gasteiger partial charge in [0.15, 0.2) is 0 Å². The standard InChI is InChI=1S/C66H12F30O4Se2/c67-37-31(38(68)50(80)61(91)49(37)79)25-13-1-5-17(97-13)27(33-41(71)53(83)63(93)54(84)42(33)72)21-9-10-22(101-21)29(35-45(75)57(87)65(95)58(88)46(35)76)19-7-3-15(99-19)26(32-39(69)51(81)62(92)52(82)40(32)70)16-4-8-20(100-16)30(36-47(77)59(89)66(96)60(90)48(36)78)24-12-11-23(102-24)28(18-6-2-14(25)98-18)34-43(73)55(85)64(94)56(86)44(34)74/h1-12H. The summed E-state index contributed by atoms with van der Waals surface area (Å²) in [4.78, 5) is 0. The van der Waals surface area contributed by atoms with E-state index in [4.69, 9.17) is 17.7 Å². The van der Waals surface area contributed by atoms with Crippen LogP contribution >= 0.6 is 0 Å². The molecule has 0 aliphatic rings. The maximum absolute atomic E-state index is 16.5. The van der Waals surface area contributed by atoms with Gasteiger partial charge in [-0.2, -0.15) is 0 Å².